The number of benzene rings is 1. The van der Waals surface area contributed by atoms with Crippen LogP contribution in [0.2, 0.25) is 0 Å². The lowest BCUT2D eigenvalue weighted by atomic mass is 10.1. The maximum absolute atomic E-state index is 11.9. The van der Waals surface area contributed by atoms with Gasteiger partial charge in [0.25, 0.3) is 0 Å². The molecule has 0 aliphatic carbocycles. The number of rotatable bonds is 3. The Morgan fingerprint density at radius 2 is 2.00 bits per heavy atom. The van der Waals surface area contributed by atoms with Crippen molar-refractivity contribution in [1.82, 2.24) is 9.55 Å². The van der Waals surface area contributed by atoms with E-state index < -0.39 is 5.69 Å². The van der Waals surface area contributed by atoms with E-state index in [1.165, 1.54) is 10.8 Å². The summed E-state index contributed by atoms with van der Waals surface area (Å²) in [5, 5.41) is 0. The Morgan fingerprint density at radius 1 is 1.29 bits per heavy atom. The normalized spacial score (nSPS) is 10.2. The summed E-state index contributed by atoms with van der Waals surface area (Å²) in [6, 6.07) is 8.64. The van der Waals surface area contributed by atoms with Crippen LogP contribution in [0, 0.1) is 0 Å². The lowest BCUT2D eigenvalue weighted by Gasteiger charge is -2.03. The van der Waals surface area contributed by atoms with Crippen LogP contribution >= 0.6 is 15.9 Å². The van der Waals surface area contributed by atoms with E-state index in [1.54, 1.807) is 36.5 Å². The van der Waals surface area contributed by atoms with Crippen molar-refractivity contribution in [2.45, 2.75) is 6.54 Å². The van der Waals surface area contributed by atoms with Crippen LogP contribution in [-0.2, 0) is 6.54 Å². The third-order valence-electron chi connectivity index (χ3n) is 2.26. The number of aromatic nitrogens is 2. The molecular weight excluding hydrogens is 284 g/mol. The van der Waals surface area contributed by atoms with Gasteiger partial charge in [0.1, 0.15) is 0 Å². The molecule has 0 N–H and O–H groups in total. The van der Waals surface area contributed by atoms with Gasteiger partial charge < -0.3 is 0 Å². The standard InChI is InChI=1S/C12H9BrN2O2/c13-10-4-2-9(3-5-10)11(16)8-15-7-1-6-14-12(15)17/h1-7H,8H2. The topological polar surface area (TPSA) is 52.0 Å². The summed E-state index contributed by atoms with van der Waals surface area (Å²) in [5.74, 6) is -0.118. The number of carbonyl (C=O) groups excluding carboxylic acids is 1. The first-order chi connectivity index (χ1) is 8.16. The highest BCUT2D eigenvalue weighted by molar-refractivity contribution is 9.10. The third-order valence-corrected chi connectivity index (χ3v) is 2.79. The molecule has 2 rings (SSSR count). The van der Waals surface area contributed by atoms with Crippen molar-refractivity contribution < 1.29 is 4.79 Å². The molecule has 0 fully saturated rings. The minimum absolute atomic E-state index is 0.00824. The van der Waals surface area contributed by atoms with Crippen LogP contribution in [0.1, 0.15) is 10.4 Å². The van der Waals surface area contributed by atoms with Gasteiger partial charge in [-0.1, -0.05) is 28.1 Å². The van der Waals surface area contributed by atoms with E-state index in [2.05, 4.69) is 20.9 Å². The molecule has 0 unspecified atom stereocenters. The molecule has 0 saturated heterocycles. The van der Waals surface area contributed by atoms with Crippen molar-refractivity contribution in [2.24, 2.45) is 0 Å². The molecule has 2 aromatic rings. The van der Waals surface area contributed by atoms with Gasteiger partial charge in [0, 0.05) is 22.4 Å². The number of ketones is 1. The van der Waals surface area contributed by atoms with Crippen LogP contribution in [0.4, 0.5) is 0 Å². The summed E-state index contributed by atoms with van der Waals surface area (Å²) >= 11 is 3.30. The molecule has 1 aromatic carbocycles. The highest BCUT2D eigenvalue weighted by Crippen LogP contribution is 2.11. The van der Waals surface area contributed by atoms with E-state index in [1.807, 2.05) is 0 Å². The number of hydrogen-bond donors (Lipinski definition) is 0. The van der Waals surface area contributed by atoms with Crippen molar-refractivity contribution in [1.29, 1.82) is 0 Å². The van der Waals surface area contributed by atoms with E-state index in [0.717, 1.165) is 4.47 Å². The van der Waals surface area contributed by atoms with Crippen LogP contribution in [0.15, 0.2) is 52.0 Å². The van der Waals surface area contributed by atoms with Gasteiger partial charge in [-0.25, -0.2) is 9.78 Å². The molecule has 0 amide bonds. The summed E-state index contributed by atoms with van der Waals surface area (Å²) in [6.07, 6.45) is 2.95. The second-order valence-corrected chi connectivity index (χ2v) is 4.38. The van der Waals surface area contributed by atoms with Crippen LogP contribution in [0.5, 0.6) is 0 Å². The van der Waals surface area contributed by atoms with Gasteiger partial charge in [-0.3, -0.25) is 9.36 Å². The van der Waals surface area contributed by atoms with E-state index in [-0.39, 0.29) is 12.3 Å². The van der Waals surface area contributed by atoms with E-state index in [4.69, 9.17) is 0 Å². The van der Waals surface area contributed by atoms with Crippen molar-refractivity contribution >= 4 is 21.7 Å². The largest absolute Gasteiger partial charge is 0.347 e. The van der Waals surface area contributed by atoms with Crippen molar-refractivity contribution in [3.05, 3.63) is 63.2 Å². The molecule has 5 heteroatoms. The number of Topliss-reactive ketones (excluding diaryl/α,β-unsaturated/α-hetero) is 1. The molecule has 4 nitrogen and oxygen atoms in total. The summed E-state index contributed by atoms with van der Waals surface area (Å²) < 4.78 is 2.19. The first-order valence-electron chi connectivity index (χ1n) is 4.97. The minimum Gasteiger partial charge on any atom is -0.292 e. The summed E-state index contributed by atoms with van der Waals surface area (Å²) in [6.45, 7) is 0.00824. The maximum Gasteiger partial charge on any atom is 0.347 e. The van der Waals surface area contributed by atoms with Crippen LogP contribution in [0.25, 0.3) is 0 Å². The Hall–Kier alpha value is -1.75. The predicted octanol–water partition coefficient (Wildman–Crippen LogP) is 1.89. The number of hydrogen-bond acceptors (Lipinski definition) is 3. The zero-order valence-corrected chi connectivity index (χ0v) is 10.4. The fraction of sp³-hybridized carbons (Fsp3) is 0.0833. The Balaban J connectivity index is 2.20. The first kappa shape index (κ1) is 11.7. The van der Waals surface area contributed by atoms with Crippen molar-refractivity contribution in [3.8, 4) is 0 Å². The molecule has 0 bridgehead atoms. The molecule has 17 heavy (non-hydrogen) atoms. The summed E-state index contributed by atoms with van der Waals surface area (Å²) in [5.41, 5.74) is 0.155. The molecule has 0 spiro atoms. The van der Waals surface area contributed by atoms with Gasteiger partial charge in [0.2, 0.25) is 0 Å². The number of carbonyl (C=O) groups is 1. The Labute approximate surface area is 106 Å². The highest BCUT2D eigenvalue weighted by atomic mass is 79.9. The SMILES string of the molecule is O=C(Cn1cccnc1=O)c1ccc(Br)cc1. The molecule has 0 aliphatic heterocycles. The van der Waals surface area contributed by atoms with Gasteiger partial charge in [-0.15, -0.1) is 0 Å². The molecule has 0 atom stereocenters. The lowest BCUT2D eigenvalue weighted by Crippen LogP contribution is -2.25. The lowest BCUT2D eigenvalue weighted by molar-refractivity contribution is 0.0970. The van der Waals surface area contributed by atoms with Gasteiger partial charge in [-0.05, 0) is 18.2 Å². The second-order valence-electron chi connectivity index (χ2n) is 3.46. The highest BCUT2D eigenvalue weighted by Gasteiger charge is 2.07. The van der Waals surface area contributed by atoms with E-state index in [9.17, 15) is 9.59 Å². The van der Waals surface area contributed by atoms with E-state index in [0.29, 0.717) is 5.56 Å². The molecule has 0 saturated carbocycles. The average Bonchev–Trinajstić information content (AvgIpc) is 2.33. The van der Waals surface area contributed by atoms with Crippen molar-refractivity contribution in [3.63, 3.8) is 0 Å². The molecule has 0 radical (unpaired) electrons. The van der Waals surface area contributed by atoms with Crippen LogP contribution < -0.4 is 5.69 Å². The fourth-order valence-corrected chi connectivity index (χ4v) is 1.65. The molecule has 1 aromatic heterocycles. The average molecular weight is 293 g/mol. The van der Waals surface area contributed by atoms with Crippen molar-refractivity contribution in [2.75, 3.05) is 0 Å². The maximum atomic E-state index is 11.9. The molecule has 86 valence electrons. The molecule has 1 heterocycles. The van der Waals surface area contributed by atoms with Crippen LogP contribution in [-0.4, -0.2) is 15.3 Å². The Kier molecular flexibility index (Phi) is 3.49. The quantitative estimate of drug-likeness (QED) is 0.812. The first-order valence-corrected chi connectivity index (χ1v) is 5.76. The smallest absolute Gasteiger partial charge is 0.292 e. The van der Waals surface area contributed by atoms with Crippen LogP contribution in [0.3, 0.4) is 0 Å². The second kappa shape index (κ2) is 5.05. The number of halogens is 1. The van der Waals surface area contributed by atoms with E-state index >= 15 is 0 Å². The Morgan fingerprint density at radius 3 is 2.65 bits per heavy atom. The number of nitrogens with zero attached hydrogens (tertiary/aromatic N) is 2. The third kappa shape index (κ3) is 2.88. The summed E-state index contributed by atoms with van der Waals surface area (Å²) in [4.78, 5) is 26.8. The van der Waals surface area contributed by atoms with Gasteiger partial charge in [0.05, 0.1) is 6.54 Å². The minimum atomic E-state index is -0.419. The zero-order valence-electron chi connectivity index (χ0n) is 8.84. The van der Waals surface area contributed by atoms with Gasteiger partial charge >= 0.3 is 5.69 Å². The Bertz CT molecular complexity index is 590. The molecular formula is C12H9BrN2O2. The fourth-order valence-electron chi connectivity index (χ4n) is 1.39. The van der Waals surface area contributed by atoms with Gasteiger partial charge in [-0.2, -0.15) is 0 Å². The predicted molar refractivity (Wildman–Crippen MR) is 67.0 cm³/mol. The monoisotopic (exact) mass is 292 g/mol. The van der Waals surface area contributed by atoms with Gasteiger partial charge in [0.15, 0.2) is 5.78 Å². The zero-order chi connectivity index (χ0) is 12.3. The summed E-state index contributed by atoms with van der Waals surface area (Å²) in [7, 11) is 0. The molecule has 0 aliphatic rings.